The molecule has 0 spiro atoms. The molecular weight excluding hydrogens is 611 g/mol. The standard InChI is InChI=1S/C45H29N5/c1-3-11-31(12-4-1)37-18-7-8-19-40(37)45-49-43(33-13-5-2-6-14-33)48-44(50-45)34-22-20-30(21-23-34)35-15-9-16-36(29-35)38-26-28-47-42-39(38)25-24-32-17-10-27-46-41(32)42/h1-29H. The van der Waals surface area contributed by atoms with E-state index in [0.717, 1.165) is 71.9 Å². The summed E-state index contributed by atoms with van der Waals surface area (Å²) >= 11 is 0. The zero-order chi connectivity index (χ0) is 33.3. The van der Waals surface area contributed by atoms with Gasteiger partial charge in [-0.1, -0.05) is 146 Å². The topological polar surface area (TPSA) is 64.5 Å². The summed E-state index contributed by atoms with van der Waals surface area (Å²) < 4.78 is 0. The lowest BCUT2D eigenvalue weighted by molar-refractivity contribution is 1.07. The van der Waals surface area contributed by atoms with Gasteiger partial charge in [0, 0.05) is 39.9 Å². The van der Waals surface area contributed by atoms with Crippen LogP contribution in [-0.2, 0) is 0 Å². The van der Waals surface area contributed by atoms with Crippen LogP contribution in [0.1, 0.15) is 0 Å². The molecule has 0 amide bonds. The highest BCUT2D eigenvalue weighted by Gasteiger charge is 2.16. The maximum atomic E-state index is 5.06. The first kappa shape index (κ1) is 29.3. The van der Waals surface area contributed by atoms with E-state index < -0.39 is 0 Å². The maximum absolute atomic E-state index is 5.06. The molecule has 0 radical (unpaired) electrons. The van der Waals surface area contributed by atoms with Gasteiger partial charge in [0.25, 0.3) is 0 Å². The summed E-state index contributed by atoms with van der Waals surface area (Å²) in [6.45, 7) is 0. The van der Waals surface area contributed by atoms with Gasteiger partial charge in [-0.3, -0.25) is 9.97 Å². The Balaban J connectivity index is 1.11. The van der Waals surface area contributed by atoms with Crippen molar-refractivity contribution in [2.45, 2.75) is 0 Å². The van der Waals surface area contributed by atoms with E-state index in [2.05, 4.69) is 120 Å². The summed E-state index contributed by atoms with van der Waals surface area (Å²) in [7, 11) is 0. The monoisotopic (exact) mass is 639 g/mol. The molecule has 9 aromatic rings. The van der Waals surface area contributed by atoms with Crippen LogP contribution in [0.3, 0.4) is 0 Å². The Bertz CT molecular complexity index is 2640. The number of benzene rings is 6. The molecule has 3 heterocycles. The molecule has 0 fully saturated rings. The highest BCUT2D eigenvalue weighted by molar-refractivity contribution is 6.08. The van der Waals surface area contributed by atoms with Crippen molar-refractivity contribution in [3.05, 3.63) is 176 Å². The van der Waals surface area contributed by atoms with Crippen LogP contribution in [-0.4, -0.2) is 24.9 Å². The first-order valence-corrected chi connectivity index (χ1v) is 16.6. The van der Waals surface area contributed by atoms with Crippen LogP contribution < -0.4 is 0 Å². The normalized spacial score (nSPS) is 11.2. The highest BCUT2D eigenvalue weighted by atomic mass is 15.0. The van der Waals surface area contributed by atoms with Crippen LogP contribution in [0.25, 0.3) is 89.4 Å². The molecule has 0 saturated carbocycles. The molecule has 3 aromatic heterocycles. The zero-order valence-electron chi connectivity index (χ0n) is 27.0. The third-order valence-electron chi connectivity index (χ3n) is 9.05. The van der Waals surface area contributed by atoms with Crippen LogP contribution in [0.5, 0.6) is 0 Å². The predicted octanol–water partition coefficient (Wildman–Crippen LogP) is 11.0. The Morgan fingerprint density at radius 2 is 0.900 bits per heavy atom. The lowest BCUT2D eigenvalue weighted by Crippen LogP contribution is -2.01. The van der Waals surface area contributed by atoms with Gasteiger partial charge in [-0.2, -0.15) is 0 Å². The van der Waals surface area contributed by atoms with Gasteiger partial charge in [-0.25, -0.2) is 15.0 Å². The molecular formula is C45H29N5. The van der Waals surface area contributed by atoms with Gasteiger partial charge in [-0.05, 0) is 51.6 Å². The molecule has 50 heavy (non-hydrogen) atoms. The summed E-state index contributed by atoms with van der Waals surface area (Å²) in [6.07, 6.45) is 3.70. The van der Waals surface area contributed by atoms with E-state index in [1.54, 1.807) is 0 Å². The number of hydrogen-bond acceptors (Lipinski definition) is 5. The quantitative estimate of drug-likeness (QED) is 0.169. The van der Waals surface area contributed by atoms with Crippen LogP contribution in [0, 0.1) is 0 Å². The van der Waals surface area contributed by atoms with E-state index >= 15 is 0 Å². The highest BCUT2D eigenvalue weighted by Crippen LogP contribution is 2.35. The van der Waals surface area contributed by atoms with E-state index in [1.165, 1.54) is 0 Å². The molecule has 234 valence electrons. The lowest BCUT2D eigenvalue weighted by atomic mass is 9.96. The SMILES string of the molecule is c1ccc(-c2nc(-c3ccc(-c4cccc(-c5ccnc6c5ccc5cccnc56)c4)cc3)nc(-c3ccccc3-c3ccccc3)n2)cc1. The van der Waals surface area contributed by atoms with Gasteiger partial charge in [0.15, 0.2) is 17.5 Å². The van der Waals surface area contributed by atoms with Crippen LogP contribution in [0.2, 0.25) is 0 Å². The Morgan fingerprint density at radius 3 is 1.68 bits per heavy atom. The molecule has 6 aromatic carbocycles. The second kappa shape index (κ2) is 12.6. The summed E-state index contributed by atoms with van der Waals surface area (Å²) in [5.74, 6) is 1.90. The van der Waals surface area contributed by atoms with Gasteiger partial charge >= 0.3 is 0 Å². The van der Waals surface area contributed by atoms with Crippen LogP contribution in [0.15, 0.2) is 176 Å². The minimum absolute atomic E-state index is 0.626. The summed E-state index contributed by atoms with van der Waals surface area (Å²) in [6, 6.07) is 56.2. The summed E-state index contributed by atoms with van der Waals surface area (Å²) in [5.41, 5.74) is 11.3. The molecule has 5 nitrogen and oxygen atoms in total. The predicted molar refractivity (Wildman–Crippen MR) is 203 cm³/mol. The van der Waals surface area contributed by atoms with Crippen molar-refractivity contribution >= 4 is 21.8 Å². The molecule has 0 bridgehead atoms. The van der Waals surface area contributed by atoms with Crippen LogP contribution >= 0.6 is 0 Å². The number of aromatic nitrogens is 5. The van der Waals surface area contributed by atoms with Crippen molar-refractivity contribution in [2.24, 2.45) is 0 Å². The molecule has 0 saturated heterocycles. The molecule has 0 aliphatic rings. The van der Waals surface area contributed by atoms with E-state index in [9.17, 15) is 0 Å². The summed E-state index contributed by atoms with van der Waals surface area (Å²) in [4.78, 5) is 24.4. The fourth-order valence-corrected chi connectivity index (χ4v) is 6.57. The Kier molecular flexibility index (Phi) is 7.41. The third kappa shape index (κ3) is 5.47. The lowest BCUT2D eigenvalue weighted by Gasteiger charge is -2.12. The second-order valence-corrected chi connectivity index (χ2v) is 12.1. The molecule has 0 aliphatic carbocycles. The first-order chi connectivity index (χ1) is 24.8. The van der Waals surface area contributed by atoms with Crippen molar-refractivity contribution in [2.75, 3.05) is 0 Å². The van der Waals surface area contributed by atoms with E-state index in [-0.39, 0.29) is 0 Å². The number of fused-ring (bicyclic) bond motifs is 3. The first-order valence-electron chi connectivity index (χ1n) is 16.6. The van der Waals surface area contributed by atoms with E-state index in [1.807, 2.05) is 60.9 Å². The van der Waals surface area contributed by atoms with Crippen LogP contribution in [0.4, 0.5) is 0 Å². The third-order valence-corrected chi connectivity index (χ3v) is 9.05. The molecule has 5 heteroatoms. The molecule has 0 unspecified atom stereocenters. The smallest absolute Gasteiger partial charge is 0.164 e. The fourth-order valence-electron chi connectivity index (χ4n) is 6.57. The number of nitrogens with zero attached hydrogens (tertiary/aromatic N) is 5. The number of pyridine rings is 2. The Hall–Kier alpha value is -6.85. The molecule has 9 rings (SSSR count). The van der Waals surface area contributed by atoms with Crippen molar-refractivity contribution in [1.29, 1.82) is 0 Å². The minimum atomic E-state index is 0.626. The van der Waals surface area contributed by atoms with Gasteiger partial charge in [0.2, 0.25) is 0 Å². The molecule has 0 atom stereocenters. The van der Waals surface area contributed by atoms with E-state index in [0.29, 0.717) is 17.5 Å². The minimum Gasteiger partial charge on any atom is -0.254 e. The van der Waals surface area contributed by atoms with Crippen molar-refractivity contribution < 1.29 is 0 Å². The van der Waals surface area contributed by atoms with Crippen molar-refractivity contribution in [3.63, 3.8) is 0 Å². The average Bonchev–Trinajstić information content (AvgIpc) is 3.21. The zero-order valence-corrected chi connectivity index (χ0v) is 27.0. The van der Waals surface area contributed by atoms with Gasteiger partial charge in [-0.15, -0.1) is 0 Å². The maximum Gasteiger partial charge on any atom is 0.164 e. The van der Waals surface area contributed by atoms with Crippen molar-refractivity contribution in [1.82, 2.24) is 24.9 Å². The Labute approximate surface area is 289 Å². The van der Waals surface area contributed by atoms with E-state index in [4.69, 9.17) is 19.9 Å². The number of rotatable bonds is 6. The summed E-state index contributed by atoms with van der Waals surface area (Å²) in [5, 5.41) is 2.17. The number of hydrogen-bond donors (Lipinski definition) is 0. The molecule has 0 aliphatic heterocycles. The Morgan fingerprint density at radius 1 is 0.300 bits per heavy atom. The van der Waals surface area contributed by atoms with Gasteiger partial charge in [0.1, 0.15) is 0 Å². The largest absolute Gasteiger partial charge is 0.254 e. The average molecular weight is 640 g/mol. The fraction of sp³-hybridized carbons (Fsp3) is 0. The second-order valence-electron chi connectivity index (χ2n) is 12.1. The molecule has 0 N–H and O–H groups in total. The van der Waals surface area contributed by atoms with Gasteiger partial charge < -0.3 is 0 Å². The van der Waals surface area contributed by atoms with Gasteiger partial charge in [0.05, 0.1) is 11.0 Å². The van der Waals surface area contributed by atoms with Crippen molar-refractivity contribution in [3.8, 4) is 67.5 Å².